The highest BCUT2D eigenvalue weighted by Gasteiger charge is 2.35. The minimum Gasteiger partial charge on any atom is -0.497 e. The molecule has 14 nitrogen and oxygen atoms in total. The number of likely N-dealkylation sites (N-methyl/N-ethyl adjacent to an activating group) is 2. The molecule has 0 fully saturated rings. The number of carbonyl (C=O) groups is 4. The molecule has 6 atom stereocenters. The van der Waals surface area contributed by atoms with Gasteiger partial charge in [0.15, 0.2) is 0 Å². The number of nitrogens with one attached hydrogen (secondary N) is 2. The Balaban J connectivity index is 0.000000261. The topological polar surface area (TPSA) is 154 Å². The molecule has 2 aliphatic rings. The van der Waals surface area contributed by atoms with Crippen LogP contribution < -0.4 is 39.1 Å². The fraction of sp³-hybridized carbons (Fsp3) is 0.429. The van der Waals surface area contributed by atoms with E-state index in [4.69, 9.17) is 28.4 Å². The van der Waals surface area contributed by atoms with Crippen molar-refractivity contribution in [3.63, 3.8) is 0 Å². The molecule has 4 aromatic carbocycles. The van der Waals surface area contributed by atoms with E-state index in [1.807, 2.05) is 102 Å². The van der Waals surface area contributed by atoms with Crippen LogP contribution in [0.5, 0.6) is 34.5 Å². The van der Waals surface area contributed by atoms with Gasteiger partial charge < -0.3 is 48.9 Å². The molecule has 376 valence electrons. The first-order valence-corrected chi connectivity index (χ1v) is 23.9. The summed E-state index contributed by atoms with van der Waals surface area (Å²) in [5, 5.41) is 6.36. The van der Waals surface area contributed by atoms with Crippen LogP contribution in [-0.4, -0.2) is 100 Å². The van der Waals surface area contributed by atoms with Gasteiger partial charge in [-0.15, -0.1) is 0 Å². The zero-order valence-corrected chi connectivity index (χ0v) is 42.8. The van der Waals surface area contributed by atoms with Crippen LogP contribution in [0.4, 0.5) is 0 Å². The molecule has 14 heteroatoms. The summed E-state index contributed by atoms with van der Waals surface area (Å²) < 4.78 is 34.1. The Kier molecular flexibility index (Phi) is 19.7. The van der Waals surface area contributed by atoms with Crippen LogP contribution in [0.15, 0.2) is 109 Å². The fourth-order valence-electron chi connectivity index (χ4n) is 8.80. The van der Waals surface area contributed by atoms with Crippen LogP contribution in [-0.2, 0) is 9.59 Å². The monoisotopic (exact) mass is 961 g/mol. The van der Waals surface area contributed by atoms with Gasteiger partial charge in [-0.05, 0) is 87.1 Å². The number of fused-ring (bicyclic) bond motifs is 2. The second-order valence-corrected chi connectivity index (χ2v) is 18.3. The van der Waals surface area contributed by atoms with Crippen LogP contribution >= 0.6 is 0 Å². The molecule has 2 aliphatic heterocycles. The molecule has 2 heterocycles. The van der Waals surface area contributed by atoms with Crippen LogP contribution in [0.25, 0.3) is 0 Å². The highest BCUT2D eigenvalue weighted by molar-refractivity contribution is 6.00. The first kappa shape index (κ1) is 54.0. The molecule has 0 aromatic heterocycles. The molecular weight excluding hydrogens is 889 g/mol. The predicted octanol–water partition coefficient (Wildman–Crippen LogP) is 9.55. The van der Waals surface area contributed by atoms with Crippen LogP contribution in [0.2, 0.25) is 0 Å². The summed E-state index contributed by atoms with van der Waals surface area (Å²) in [6, 6.07) is 23.4. The maximum absolute atomic E-state index is 13.6. The first-order chi connectivity index (χ1) is 33.5. The summed E-state index contributed by atoms with van der Waals surface area (Å²) in [4.78, 5) is 57.3. The Morgan fingerprint density at radius 2 is 0.871 bits per heavy atom. The average Bonchev–Trinajstić information content (AvgIpc) is 3.34. The lowest BCUT2D eigenvalue weighted by molar-refractivity contribution is -0.128. The largest absolute Gasteiger partial charge is 0.497 e. The maximum Gasteiger partial charge on any atom is 0.258 e. The molecule has 0 saturated heterocycles. The van der Waals surface area contributed by atoms with Gasteiger partial charge in [0, 0.05) is 50.2 Å². The van der Waals surface area contributed by atoms with Gasteiger partial charge in [0.2, 0.25) is 11.8 Å². The number of hydrogen-bond donors (Lipinski definition) is 2. The van der Waals surface area contributed by atoms with Crippen LogP contribution in [0, 0.1) is 11.8 Å². The van der Waals surface area contributed by atoms with Crippen molar-refractivity contribution in [2.24, 2.45) is 11.8 Å². The number of methoxy groups -OCH3 is 4. The van der Waals surface area contributed by atoms with Crippen molar-refractivity contribution in [1.29, 1.82) is 0 Å². The zero-order chi connectivity index (χ0) is 51.1. The van der Waals surface area contributed by atoms with E-state index >= 15 is 0 Å². The Hall–Kier alpha value is -6.96. The first-order valence-electron chi connectivity index (χ1n) is 23.9. The van der Waals surface area contributed by atoms with E-state index in [1.165, 1.54) is 9.80 Å². The maximum atomic E-state index is 13.6. The highest BCUT2D eigenvalue weighted by Crippen LogP contribution is 2.34. The van der Waals surface area contributed by atoms with Gasteiger partial charge >= 0.3 is 0 Å². The summed E-state index contributed by atoms with van der Waals surface area (Å²) >= 11 is 0. The van der Waals surface area contributed by atoms with E-state index in [2.05, 4.69) is 10.6 Å². The number of carbonyl (C=O) groups excluding carboxylic acids is 4. The van der Waals surface area contributed by atoms with Gasteiger partial charge in [-0.25, -0.2) is 0 Å². The molecule has 70 heavy (non-hydrogen) atoms. The van der Waals surface area contributed by atoms with Crippen molar-refractivity contribution in [2.75, 3.05) is 42.5 Å². The van der Waals surface area contributed by atoms with E-state index in [0.29, 0.717) is 71.3 Å². The average molecular weight is 961 g/mol. The normalized spacial score (nSPS) is 22.5. The number of nitrogens with zero attached hydrogens (tertiary/aromatic N) is 2. The molecule has 6 rings (SSSR count). The third-order valence-electron chi connectivity index (χ3n) is 12.4. The number of ether oxygens (including phenoxy) is 6. The number of para-hydroxylation sites is 2. The summed E-state index contributed by atoms with van der Waals surface area (Å²) in [5.74, 6) is 2.44. The summed E-state index contributed by atoms with van der Waals surface area (Å²) in [6.07, 6.45) is 10.4. The van der Waals surface area contributed by atoms with E-state index < -0.39 is 12.1 Å². The molecule has 0 saturated carbocycles. The number of rotatable bonds is 8. The predicted molar refractivity (Wildman–Crippen MR) is 272 cm³/mol. The minimum absolute atomic E-state index is 0.113. The van der Waals surface area contributed by atoms with E-state index in [0.717, 1.165) is 11.1 Å². The second kappa shape index (κ2) is 25.6. The van der Waals surface area contributed by atoms with Crippen molar-refractivity contribution in [3.8, 4) is 34.5 Å². The third-order valence-corrected chi connectivity index (χ3v) is 12.4. The molecule has 0 unspecified atom stereocenters. The quantitative estimate of drug-likeness (QED) is 0.163. The number of hydrogen-bond acceptors (Lipinski definition) is 10. The Labute approximate surface area is 414 Å². The van der Waals surface area contributed by atoms with E-state index in [-0.39, 0.29) is 59.8 Å². The summed E-state index contributed by atoms with van der Waals surface area (Å²) in [7, 11) is 9.73. The molecule has 0 bridgehead atoms. The Morgan fingerprint density at radius 1 is 0.514 bits per heavy atom. The lowest BCUT2D eigenvalue weighted by Crippen LogP contribution is -2.51. The van der Waals surface area contributed by atoms with E-state index in [1.54, 1.807) is 91.1 Å². The smallest absolute Gasteiger partial charge is 0.258 e. The van der Waals surface area contributed by atoms with Gasteiger partial charge in [0.1, 0.15) is 46.6 Å². The highest BCUT2D eigenvalue weighted by atomic mass is 16.5. The second-order valence-electron chi connectivity index (χ2n) is 18.3. The third kappa shape index (κ3) is 13.6. The molecule has 2 N–H and O–H groups in total. The Bertz CT molecular complexity index is 2300. The molecule has 0 radical (unpaired) electrons. The molecule has 4 aromatic rings. The van der Waals surface area contributed by atoms with Crippen molar-refractivity contribution in [1.82, 2.24) is 20.4 Å². The van der Waals surface area contributed by atoms with Gasteiger partial charge in [-0.3, -0.25) is 19.2 Å². The van der Waals surface area contributed by atoms with Gasteiger partial charge in [-0.2, -0.15) is 0 Å². The van der Waals surface area contributed by atoms with Crippen molar-refractivity contribution in [2.45, 2.75) is 104 Å². The molecule has 4 amide bonds. The van der Waals surface area contributed by atoms with E-state index in [9.17, 15) is 19.2 Å². The van der Waals surface area contributed by atoms with Gasteiger partial charge in [0.25, 0.3) is 11.8 Å². The fourth-order valence-corrected chi connectivity index (χ4v) is 8.80. The van der Waals surface area contributed by atoms with Gasteiger partial charge in [-0.1, -0.05) is 76.3 Å². The van der Waals surface area contributed by atoms with Crippen molar-refractivity contribution in [3.05, 3.63) is 131 Å². The Morgan fingerprint density at radius 3 is 1.21 bits per heavy atom. The summed E-state index contributed by atoms with van der Waals surface area (Å²) in [6.45, 7) is 11.7. The zero-order valence-electron chi connectivity index (χ0n) is 42.8. The molecular formula is C56H72N4O10. The molecule has 0 spiro atoms. The SMILES string of the molecule is COc1ccc([C@@H]2C/C=C/C[C@@H](C)Oc3ccccc3C(=O)N(C)[C@H](C(C)C)C(=O)N2)c(OC)c1.COc1ccc([C@@H]2C/C=C\C[C@@H](C)Oc3ccccc3C(=O)N(C)[C@H](C(C)C)C(=O)N2)c(OC)c1. The summed E-state index contributed by atoms with van der Waals surface area (Å²) in [5.41, 5.74) is 2.55. The standard InChI is InChI=1S/2C28H36N2O5/c2*1-18(2)26-27(31)29-23(21-16-15-20(33-5)17-25(21)34-6)13-9-7-11-19(3)35-24-14-10-8-12-22(24)28(32)30(26)4/h2*7-10,12,14-19,23,26H,11,13H2,1-6H3,(H,29,31)/b9-7+;9-7-/t2*19-,23+,26-/m11/s1. The van der Waals surface area contributed by atoms with Crippen molar-refractivity contribution >= 4 is 23.6 Å². The van der Waals surface area contributed by atoms with Crippen molar-refractivity contribution < 1.29 is 47.6 Å². The lowest BCUT2D eigenvalue weighted by atomic mass is 9.97. The number of amides is 4. The van der Waals surface area contributed by atoms with Crippen LogP contribution in [0.1, 0.15) is 111 Å². The van der Waals surface area contributed by atoms with Crippen LogP contribution in [0.3, 0.4) is 0 Å². The number of benzene rings is 4. The lowest BCUT2D eigenvalue weighted by Gasteiger charge is -2.33. The van der Waals surface area contributed by atoms with Gasteiger partial charge in [0.05, 0.1) is 63.9 Å². The molecule has 0 aliphatic carbocycles. The minimum atomic E-state index is -0.674.